The van der Waals surface area contributed by atoms with Gasteiger partial charge in [0.25, 0.3) is 5.91 Å². The van der Waals surface area contributed by atoms with Crippen molar-refractivity contribution in [3.63, 3.8) is 0 Å². The third-order valence-corrected chi connectivity index (χ3v) is 8.20. The van der Waals surface area contributed by atoms with Gasteiger partial charge in [-0.1, -0.05) is 12.5 Å². The number of hydrogen-bond donors (Lipinski definition) is 1. The van der Waals surface area contributed by atoms with Crippen molar-refractivity contribution in [1.82, 2.24) is 9.29 Å². The molecule has 8 nitrogen and oxygen atoms in total. The van der Waals surface area contributed by atoms with Crippen LogP contribution in [0.15, 0.2) is 52.7 Å². The lowest BCUT2D eigenvalue weighted by atomic mass is 10.2. The van der Waals surface area contributed by atoms with Gasteiger partial charge < -0.3 is 14.8 Å². The number of nitrogens with zero attached hydrogens (tertiary/aromatic N) is 2. The summed E-state index contributed by atoms with van der Waals surface area (Å²) < 4.78 is 38.0. The molecule has 0 aliphatic carbocycles. The number of piperidine rings is 1. The van der Waals surface area contributed by atoms with Crippen LogP contribution in [0.3, 0.4) is 0 Å². The van der Waals surface area contributed by atoms with Crippen molar-refractivity contribution in [2.24, 2.45) is 0 Å². The fraction of sp³-hybridized carbons (Fsp3) is 0.304. The average Bonchev–Trinajstić information content (AvgIpc) is 3.35. The van der Waals surface area contributed by atoms with Crippen LogP contribution in [0.5, 0.6) is 11.5 Å². The summed E-state index contributed by atoms with van der Waals surface area (Å²) in [5.41, 5.74) is 1.44. The van der Waals surface area contributed by atoms with E-state index in [0.29, 0.717) is 35.3 Å². The quantitative estimate of drug-likeness (QED) is 0.535. The maximum absolute atomic E-state index is 12.9. The number of hydrogen-bond acceptors (Lipinski definition) is 7. The largest absolute Gasteiger partial charge is 0.493 e. The van der Waals surface area contributed by atoms with Crippen LogP contribution < -0.4 is 14.8 Å². The molecular formula is C23H25N3O5S2. The van der Waals surface area contributed by atoms with Gasteiger partial charge in [-0.25, -0.2) is 13.4 Å². The summed E-state index contributed by atoms with van der Waals surface area (Å²) in [6.07, 6.45) is 2.77. The number of aromatic nitrogens is 1. The first-order valence-electron chi connectivity index (χ1n) is 10.5. The van der Waals surface area contributed by atoms with E-state index in [1.54, 1.807) is 49.9 Å². The molecule has 174 valence electrons. The lowest BCUT2D eigenvalue weighted by Crippen LogP contribution is -2.35. The zero-order valence-corrected chi connectivity index (χ0v) is 20.0. The van der Waals surface area contributed by atoms with Crippen LogP contribution in [0.25, 0.3) is 10.6 Å². The van der Waals surface area contributed by atoms with Crippen molar-refractivity contribution in [2.75, 3.05) is 32.6 Å². The Morgan fingerprint density at radius 1 is 1.03 bits per heavy atom. The highest BCUT2D eigenvalue weighted by Crippen LogP contribution is 2.33. The molecule has 33 heavy (non-hydrogen) atoms. The van der Waals surface area contributed by atoms with E-state index in [2.05, 4.69) is 10.3 Å². The van der Waals surface area contributed by atoms with E-state index in [9.17, 15) is 13.2 Å². The second-order valence-corrected chi connectivity index (χ2v) is 10.4. The minimum absolute atomic E-state index is 0.173. The third-order valence-electron chi connectivity index (χ3n) is 5.41. The molecule has 1 amide bonds. The van der Waals surface area contributed by atoms with Gasteiger partial charge in [0, 0.05) is 29.7 Å². The smallest absolute Gasteiger partial charge is 0.275 e. The standard InChI is InChI=1S/C23H25N3O5S2/c1-30-20-10-9-16(13-21(20)31-2)23-25-19(15-32-23)22(27)24-17-7-6-8-18(14-17)33(28,29)26-11-4-3-5-12-26/h6-10,13-15H,3-5,11-12H2,1-2H3,(H,24,27). The van der Waals surface area contributed by atoms with Crippen molar-refractivity contribution in [2.45, 2.75) is 24.2 Å². The normalized spacial score (nSPS) is 14.6. The Balaban J connectivity index is 1.51. The molecule has 0 unspecified atom stereocenters. The Hall–Kier alpha value is -2.95. The zero-order valence-electron chi connectivity index (χ0n) is 18.4. The maximum atomic E-state index is 12.9. The second kappa shape index (κ2) is 9.90. The summed E-state index contributed by atoms with van der Waals surface area (Å²) in [7, 11) is -0.460. The SMILES string of the molecule is COc1ccc(-c2nc(C(=O)Nc3cccc(S(=O)(=O)N4CCCCC4)c3)cs2)cc1OC. The third kappa shape index (κ3) is 5.02. The molecule has 0 spiro atoms. The van der Waals surface area contributed by atoms with Gasteiger partial charge in [0.15, 0.2) is 11.5 Å². The Morgan fingerprint density at radius 2 is 1.79 bits per heavy atom. The number of amides is 1. The van der Waals surface area contributed by atoms with E-state index in [4.69, 9.17) is 9.47 Å². The minimum Gasteiger partial charge on any atom is -0.493 e. The van der Waals surface area contributed by atoms with Crippen LogP contribution in [0.4, 0.5) is 5.69 Å². The van der Waals surface area contributed by atoms with E-state index in [0.717, 1.165) is 24.8 Å². The number of thiazole rings is 1. The van der Waals surface area contributed by atoms with E-state index >= 15 is 0 Å². The lowest BCUT2D eigenvalue weighted by Gasteiger charge is -2.26. The molecule has 1 aromatic heterocycles. The summed E-state index contributed by atoms with van der Waals surface area (Å²) in [6.45, 7) is 1.05. The van der Waals surface area contributed by atoms with Gasteiger partial charge >= 0.3 is 0 Å². The first-order chi connectivity index (χ1) is 15.9. The maximum Gasteiger partial charge on any atom is 0.275 e. The molecule has 1 N–H and O–H groups in total. The van der Waals surface area contributed by atoms with Crippen molar-refractivity contribution < 1.29 is 22.7 Å². The molecule has 1 saturated heterocycles. The average molecular weight is 488 g/mol. The molecular weight excluding hydrogens is 462 g/mol. The van der Waals surface area contributed by atoms with Crippen molar-refractivity contribution >= 4 is 33.0 Å². The first-order valence-corrected chi connectivity index (χ1v) is 12.8. The molecule has 4 rings (SSSR count). The number of benzene rings is 2. The second-order valence-electron chi connectivity index (χ2n) is 7.55. The minimum atomic E-state index is -3.58. The number of ether oxygens (including phenoxy) is 2. The molecule has 0 bridgehead atoms. The molecule has 1 fully saturated rings. The molecule has 0 atom stereocenters. The highest BCUT2D eigenvalue weighted by Gasteiger charge is 2.26. The highest BCUT2D eigenvalue weighted by molar-refractivity contribution is 7.89. The number of carbonyl (C=O) groups excluding carboxylic acids is 1. The molecule has 2 aromatic carbocycles. The summed E-state index contributed by atoms with van der Waals surface area (Å²) in [4.78, 5) is 17.4. The summed E-state index contributed by atoms with van der Waals surface area (Å²) in [6, 6.07) is 11.8. The summed E-state index contributed by atoms with van der Waals surface area (Å²) >= 11 is 1.33. The van der Waals surface area contributed by atoms with Gasteiger partial charge in [0.05, 0.1) is 19.1 Å². The van der Waals surface area contributed by atoms with E-state index in [-0.39, 0.29) is 10.6 Å². The molecule has 1 aliphatic rings. The predicted octanol–water partition coefficient (Wildman–Crippen LogP) is 4.25. The van der Waals surface area contributed by atoms with E-state index < -0.39 is 15.9 Å². The van der Waals surface area contributed by atoms with Crippen LogP contribution in [0, 0.1) is 0 Å². The van der Waals surface area contributed by atoms with Gasteiger partial charge in [0.2, 0.25) is 10.0 Å². The van der Waals surface area contributed by atoms with Gasteiger partial charge in [-0.2, -0.15) is 4.31 Å². The Kier molecular flexibility index (Phi) is 6.96. The fourth-order valence-electron chi connectivity index (χ4n) is 3.66. The number of carbonyl (C=O) groups is 1. The van der Waals surface area contributed by atoms with Gasteiger partial charge in [-0.05, 0) is 49.2 Å². The van der Waals surface area contributed by atoms with Gasteiger partial charge in [0.1, 0.15) is 10.7 Å². The lowest BCUT2D eigenvalue weighted by molar-refractivity contribution is 0.102. The molecule has 0 radical (unpaired) electrons. The van der Waals surface area contributed by atoms with E-state index in [1.165, 1.54) is 21.7 Å². The predicted molar refractivity (Wildman–Crippen MR) is 128 cm³/mol. The highest BCUT2D eigenvalue weighted by atomic mass is 32.2. The van der Waals surface area contributed by atoms with Crippen molar-refractivity contribution in [1.29, 1.82) is 0 Å². The number of rotatable bonds is 7. The molecule has 3 aromatic rings. The van der Waals surface area contributed by atoms with Crippen LogP contribution in [0.1, 0.15) is 29.8 Å². The molecule has 1 aliphatic heterocycles. The number of nitrogens with one attached hydrogen (secondary N) is 1. The van der Waals surface area contributed by atoms with E-state index in [1.807, 2.05) is 6.07 Å². The first kappa shape index (κ1) is 23.2. The molecule has 0 saturated carbocycles. The van der Waals surface area contributed by atoms with Crippen molar-refractivity contribution in [3.05, 3.63) is 53.5 Å². The number of anilines is 1. The Labute approximate surface area is 197 Å². The van der Waals surface area contributed by atoms with Crippen LogP contribution >= 0.6 is 11.3 Å². The monoisotopic (exact) mass is 487 g/mol. The molecule has 10 heteroatoms. The zero-order chi connectivity index (χ0) is 23.4. The fourth-order valence-corrected chi connectivity index (χ4v) is 6.02. The topological polar surface area (TPSA) is 97.8 Å². The van der Waals surface area contributed by atoms with Gasteiger partial charge in [-0.15, -0.1) is 11.3 Å². The van der Waals surface area contributed by atoms with Crippen molar-refractivity contribution in [3.8, 4) is 22.1 Å². The van der Waals surface area contributed by atoms with Crippen LogP contribution in [-0.4, -0.2) is 50.9 Å². The summed E-state index contributed by atoms with van der Waals surface area (Å²) in [5, 5.41) is 5.07. The Bertz CT molecular complexity index is 1250. The van der Waals surface area contributed by atoms with Crippen LogP contribution in [0.2, 0.25) is 0 Å². The summed E-state index contributed by atoms with van der Waals surface area (Å²) in [5.74, 6) is 0.767. The Morgan fingerprint density at radius 3 is 2.52 bits per heavy atom. The van der Waals surface area contributed by atoms with Gasteiger partial charge in [-0.3, -0.25) is 4.79 Å². The number of methoxy groups -OCH3 is 2. The van der Waals surface area contributed by atoms with Crippen LogP contribution in [-0.2, 0) is 10.0 Å². The molecule has 2 heterocycles. The number of sulfonamides is 1.